The third-order valence-corrected chi connectivity index (χ3v) is 7.44. The summed E-state index contributed by atoms with van der Waals surface area (Å²) in [6.45, 7) is 2.09. The number of nitrogens with zero attached hydrogens (tertiary/aromatic N) is 1. The summed E-state index contributed by atoms with van der Waals surface area (Å²) in [7, 11) is -3.52. The highest BCUT2D eigenvalue weighted by Gasteiger charge is 2.19. The fourth-order valence-electron chi connectivity index (χ4n) is 1.19. The zero-order chi connectivity index (χ0) is 13.3. The fraction of sp³-hybridized carbons (Fsp3) is 0.222. The predicted octanol–water partition coefficient (Wildman–Crippen LogP) is 3.41. The number of aryl methyl sites for hydroxylation is 1. The SMILES string of the molecule is Cc1ncsc1CNS(=O)(=O)c1cc(Cl)c(Br)s1. The Bertz CT molecular complexity index is 646. The molecule has 0 atom stereocenters. The Kier molecular flexibility index (Phi) is 4.45. The lowest BCUT2D eigenvalue weighted by molar-refractivity contribution is 0.584. The van der Waals surface area contributed by atoms with Crippen LogP contribution >= 0.6 is 50.2 Å². The molecule has 18 heavy (non-hydrogen) atoms. The summed E-state index contributed by atoms with van der Waals surface area (Å²) in [5.41, 5.74) is 2.53. The Morgan fingerprint density at radius 1 is 1.56 bits per heavy atom. The van der Waals surface area contributed by atoms with E-state index in [9.17, 15) is 8.42 Å². The van der Waals surface area contributed by atoms with Gasteiger partial charge >= 0.3 is 0 Å². The van der Waals surface area contributed by atoms with Crippen LogP contribution in [0.1, 0.15) is 10.6 Å². The van der Waals surface area contributed by atoms with Crippen molar-refractivity contribution in [3.8, 4) is 0 Å². The van der Waals surface area contributed by atoms with E-state index in [1.807, 2.05) is 6.92 Å². The molecular weight excluding hydrogens is 380 g/mol. The molecule has 1 N–H and O–H groups in total. The molecule has 9 heteroatoms. The summed E-state index contributed by atoms with van der Waals surface area (Å²) in [6.07, 6.45) is 0. The van der Waals surface area contributed by atoms with Crippen molar-refractivity contribution in [3.05, 3.63) is 31.0 Å². The summed E-state index contributed by atoms with van der Waals surface area (Å²) < 4.78 is 27.4. The minimum Gasteiger partial charge on any atom is -0.250 e. The molecule has 0 bridgehead atoms. The lowest BCUT2D eigenvalue weighted by Gasteiger charge is -2.03. The van der Waals surface area contributed by atoms with Crippen LogP contribution in [0.3, 0.4) is 0 Å². The highest BCUT2D eigenvalue weighted by molar-refractivity contribution is 9.11. The molecule has 98 valence electrons. The Morgan fingerprint density at radius 2 is 2.28 bits per heavy atom. The van der Waals surface area contributed by atoms with Crippen LogP contribution in [0.15, 0.2) is 19.6 Å². The zero-order valence-electron chi connectivity index (χ0n) is 9.11. The van der Waals surface area contributed by atoms with Gasteiger partial charge < -0.3 is 0 Å². The molecule has 0 radical (unpaired) electrons. The van der Waals surface area contributed by atoms with Gasteiger partial charge in [0.15, 0.2) is 0 Å². The van der Waals surface area contributed by atoms with E-state index in [2.05, 4.69) is 25.6 Å². The molecule has 2 aromatic rings. The van der Waals surface area contributed by atoms with E-state index in [4.69, 9.17) is 11.6 Å². The minimum absolute atomic E-state index is 0.196. The fourth-order valence-corrected chi connectivity index (χ4v) is 5.43. The minimum atomic E-state index is -3.52. The number of aromatic nitrogens is 1. The van der Waals surface area contributed by atoms with Crippen LogP contribution < -0.4 is 4.72 Å². The van der Waals surface area contributed by atoms with Gasteiger partial charge in [-0.15, -0.1) is 22.7 Å². The predicted molar refractivity (Wildman–Crippen MR) is 77.9 cm³/mol. The van der Waals surface area contributed by atoms with Gasteiger partial charge in [0.05, 0.1) is 20.0 Å². The number of thiophene rings is 1. The summed E-state index contributed by atoms with van der Waals surface area (Å²) in [4.78, 5) is 4.97. The van der Waals surface area contributed by atoms with Crippen molar-refractivity contribution in [2.45, 2.75) is 17.7 Å². The largest absolute Gasteiger partial charge is 0.250 e. The van der Waals surface area contributed by atoms with Crippen molar-refractivity contribution in [1.82, 2.24) is 9.71 Å². The van der Waals surface area contributed by atoms with E-state index in [0.717, 1.165) is 21.9 Å². The standard InChI is InChI=1S/C9H8BrClN2O2S3/c1-5-7(16-4-12-5)3-13-18(14,15)8-2-6(11)9(10)17-8/h2,4,13H,3H2,1H3. The number of thiazole rings is 1. The van der Waals surface area contributed by atoms with Gasteiger partial charge in [0.1, 0.15) is 4.21 Å². The number of rotatable bonds is 4. The normalized spacial score (nSPS) is 11.9. The van der Waals surface area contributed by atoms with Gasteiger partial charge in [-0.1, -0.05) is 11.6 Å². The van der Waals surface area contributed by atoms with Crippen molar-refractivity contribution in [1.29, 1.82) is 0 Å². The molecule has 2 rings (SSSR count). The Balaban J connectivity index is 2.15. The van der Waals surface area contributed by atoms with Gasteiger partial charge in [-0.05, 0) is 28.9 Å². The monoisotopic (exact) mass is 386 g/mol. The Labute approximate surface area is 126 Å². The maximum Gasteiger partial charge on any atom is 0.250 e. The Morgan fingerprint density at radius 3 is 2.78 bits per heavy atom. The van der Waals surface area contributed by atoms with E-state index in [-0.39, 0.29) is 10.8 Å². The molecule has 0 aromatic carbocycles. The zero-order valence-corrected chi connectivity index (χ0v) is 13.9. The van der Waals surface area contributed by atoms with Crippen molar-refractivity contribution in [3.63, 3.8) is 0 Å². The van der Waals surface area contributed by atoms with Crippen LogP contribution in [0.2, 0.25) is 5.02 Å². The summed E-state index contributed by atoms with van der Waals surface area (Å²) in [5.74, 6) is 0. The molecule has 2 aromatic heterocycles. The third-order valence-electron chi connectivity index (χ3n) is 2.16. The average Bonchev–Trinajstić information content (AvgIpc) is 2.84. The van der Waals surface area contributed by atoms with Gasteiger partial charge in [-0.3, -0.25) is 0 Å². The molecular formula is C9H8BrClN2O2S3. The van der Waals surface area contributed by atoms with Gasteiger partial charge in [-0.25, -0.2) is 18.1 Å². The molecule has 0 fully saturated rings. The molecule has 0 amide bonds. The third kappa shape index (κ3) is 3.12. The molecule has 0 unspecified atom stereocenters. The first-order valence-corrected chi connectivity index (χ1v) is 9.08. The lowest BCUT2D eigenvalue weighted by Crippen LogP contribution is -2.22. The van der Waals surface area contributed by atoms with Gasteiger partial charge in [-0.2, -0.15) is 0 Å². The summed E-state index contributed by atoms with van der Waals surface area (Å²) in [6, 6.07) is 1.43. The Hall–Kier alpha value is 0.01000. The molecule has 4 nitrogen and oxygen atoms in total. The van der Waals surface area contributed by atoms with Crippen molar-refractivity contribution in [2.24, 2.45) is 0 Å². The topological polar surface area (TPSA) is 59.1 Å². The quantitative estimate of drug-likeness (QED) is 0.874. The van der Waals surface area contributed by atoms with E-state index in [0.29, 0.717) is 8.81 Å². The van der Waals surface area contributed by atoms with E-state index in [1.165, 1.54) is 17.4 Å². The highest BCUT2D eigenvalue weighted by Crippen LogP contribution is 2.34. The molecule has 0 aliphatic heterocycles. The second kappa shape index (κ2) is 5.56. The lowest BCUT2D eigenvalue weighted by atomic mass is 10.4. The number of sulfonamides is 1. The maximum absolute atomic E-state index is 12.0. The van der Waals surface area contributed by atoms with Gasteiger partial charge in [0.25, 0.3) is 0 Å². The first kappa shape index (κ1) is 14.4. The van der Waals surface area contributed by atoms with Crippen molar-refractivity contribution >= 4 is 60.2 Å². The van der Waals surface area contributed by atoms with Gasteiger partial charge in [0.2, 0.25) is 10.0 Å². The summed E-state index contributed by atoms with van der Waals surface area (Å²) in [5, 5.41) is 0.398. The smallest absolute Gasteiger partial charge is 0.250 e. The average molecular weight is 388 g/mol. The van der Waals surface area contributed by atoms with Crippen LogP contribution in [-0.2, 0) is 16.6 Å². The van der Waals surface area contributed by atoms with E-state index < -0.39 is 10.0 Å². The van der Waals surface area contributed by atoms with Gasteiger partial charge in [0, 0.05) is 11.4 Å². The summed E-state index contributed by atoms with van der Waals surface area (Å²) >= 11 is 11.5. The van der Waals surface area contributed by atoms with Crippen LogP contribution in [0, 0.1) is 6.92 Å². The van der Waals surface area contributed by atoms with Crippen LogP contribution in [0.25, 0.3) is 0 Å². The number of hydrogen-bond acceptors (Lipinski definition) is 5. The molecule has 0 aliphatic carbocycles. The van der Waals surface area contributed by atoms with E-state index >= 15 is 0 Å². The second-order valence-electron chi connectivity index (χ2n) is 3.37. The second-order valence-corrected chi connectivity index (χ2v) is 9.08. The maximum atomic E-state index is 12.0. The highest BCUT2D eigenvalue weighted by atomic mass is 79.9. The molecule has 2 heterocycles. The van der Waals surface area contributed by atoms with E-state index in [1.54, 1.807) is 5.51 Å². The molecule has 0 saturated heterocycles. The first-order valence-electron chi connectivity index (χ1n) is 4.73. The number of halogens is 2. The molecule has 0 aliphatic rings. The van der Waals surface area contributed by atoms with Crippen LogP contribution in [0.5, 0.6) is 0 Å². The van der Waals surface area contributed by atoms with Crippen molar-refractivity contribution in [2.75, 3.05) is 0 Å². The van der Waals surface area contributed by atoms with Crippen LogP contribution in [-0.4, -0.2) is 13.4 Å². The number of hydrogen-bond donors (Lipinski definition) is 1. The molecule has 0 saturated carbocycles. The number of nitrogens with one attached hydrogen (secondary N) is 1. The van der Waals surface area contributed by atoms with Crippen molar-refractivity contribution < 1.29 is 8.42 Å². The molecule has 0 spiro atoms. The first-order chi connectivity index (χ1) is 8.40. The van der Waals surface area contributed by atoms with Crippen LogP contribution in [0.4, 0.5) is 0 Å².